The van der Waals surface area contributed by atoms with Gasteiger partial charge in [-0.3, -0.25) is 0 Å². The number of nitrogens with zero attached hydrogens (tertiary/aromatic N) is 6. The first-order valence-electron chi connectivity index (χ1n) is 12.8. The molecule has 1 saturated heterocycles. The molecule has 1 aliphatic carbocycles. The third kappa shape index (κ3) is 4.14. The van der Waals surface area contributed by atoms with Crippen molar-refractivity contribution in [2.24, 2.45) is 5.73 Å². The van der Waals surface area contributed by atoms with Crippen LogP contribution in [0.15, 0.2) is 30.4 Å². The minimum atomic E-state index is -0.823. The van der Waals surface area contributed by atoms with Crippen LogP contribution in [0.4, 0.5) is 20.8 Å². The number of carbonyl (C=O) groups excluding carboxylic acids is 1. The van der Waals surface area contributed by atoms with Crippen molar-refractivity contribution in [1.82, 2.24) is 19.8 Å². The largest absolute Gasteiger partial charge is 0.444 e. The lowest BCUT2D eigenvalue weighted by atomic mass is 9.64. The van der Waals surface area contributed by atoms with Crippen molar-refractivity contribution < 1.29 is 13.9 Å². The molecule has 1 unspecified atom stereocenters. The van der Waals surface area contributed by atoms with Crippen LogP contribution >= 0.6 is 0 Å². The number of aromatic nitrogens is 2. The molecule has 0 aromatic carbocycles. The van der Waals surface area contributed by atoms with Crippen LogP contribution in [0.25, 0.3) is 0 Å². The standard InChI is InChI=1S/C26H38FN7O2/c1-16-13-33(24(35)36-25(3,4)5)17(2)12-32(16)22-21-23(30-15-29-22)34(14-26(21)10-18(27)11-26)20-9-19(28)7-8-31(20)6/h7-9,15-18,20H,10-14,28H2,1-6H3/t16-,17+,18?,20?,26?/m0/s1. The third-order valence-electron chi connectivity index (χ3n) is 7.77. The molecule has 1 amide bonds. The first-order chi connectivity index (χ1) is 16.9. The van der Waals surface area contributed by atoms with E-state index < -0.39 is 11.8 Å². The molecule has 1 aromatic heterocycles. The molecular formula is C26H38FN7O2. The molecule has 5 rings (SSSR count). The van der Waals surface area contributed by atoms with E-state index in [1.807, 2.05) is 53.1 Å². The molecule has 1 aromatic rings. The second kappa shape index (κ2) is 8.52. The number of allylic oxidation sites excluding steroid dienone is 1. The average molecular weight is 500 g/mol. The van der Waals surface area contributed by atoms with Crippen molar-refractivity contribution in [1.29, 1.82) is 0 Å². The highest BCUT2D eigenvalue weighted by Gasteiger charge is 2.56. The topological polar surface area (TPSA) is 91.1 Å². The predicted octanol–water partition coefficient (Wildman–Crippen LogP) is 3.13. The van der Waals surface area contributed by atoms with Gasteiger partial charge < -0.3 is 30.1 Å². The second-order valence-corrected chi connectivity index (χ2v) is 11.9. The number of halogens is 1. The van der Waals surface area contributed by atoms with Crippen molar-refractivity contribution in [3.8, 4) is 0 Å². The lowest BCUT2D eigenvalue weighted by Gasteiger charge is -2.47. The van der Waals surface area contributed by atoms with Crippen molar-refractivity contribution in [3.63, 3.8) is 0 Å². The number of fused-ring (bicyclic) bond motifs is 2. The molecule has 3 atom stereocenters. The van der Waals surface area contributed by atoms with E-state index in [4.69, 9.17) is 20.4 Å². The Morgan fingerprint density at radius 3 is 2.44 bits per heavy atom. The number of likely N-dealkylation sites (N-methyl/N-ethyl adjacent to an activating group) is 1. The Morgan fingerprint density at radius 2 is 1.81 bits per heavy atom. The smallest absolute Gasteiger partial charge is 0.410 e. The van der Waals surface area contributed by atoms with Gasteiger partial charge in [0.1, 0.15) is 35.9 Å². The maximum absolute atomic E-state index is 14.4. The number of rotatable bonds is 2. The Balaban J connectivity index is 1.48. The maximum atomic E-state index is 14.4. The monoisotopic (exact) mass is 499 g/mol. The lowest BCUT2D eigenvalue weighted by Crippen LogP contribution is -2.59. The summed E-state index contributed by atoms with van der Waals surface area (Å²) >= 11 is 0. The van der Waals surface area contributed by atoms with Gasteiger partial charge in [-0.1, -0.05) is 0 Å². The van der Waals surface area contributed by atoms with E-state index in [-0.39, 0.29) is 29.8 Å². The molecule has 36 heavy (non-hydrogen) atoms. The number of hydrogen-bond donors (Lipinski definition) is 1. The molecule has 0 radical (unpaired) electrons. The molecule has 4 aliphatic rings. The van der Waals surface area contributed by atoms with Crippen molar-refractivity contribution in [2.75, 3.05) is 36.5 Å². The van der Waals surface area contributed by atoms with Gasteiger partial charge in [0, 0.05) is 61.6 Å². The third-order valence-corrected chi connectivity index (χ3v) is 7.77. The van der Waals surface area contributed by atoms with Gasteiger partial charge in [-0.15, -0.1) is 0 Å². The van der Waals surface area contributed by atoms with Crippen LogP contribution in [-0.2, 0) is 10.2 Å². The highest BCUT2D eigenvalue weighted by atomic mass is 19.1. The van der Waals surface area contributed by atoms with Gasteiger partial charge in [-0.2, -0.15) is 0 Å². The van der Waals surface area contributed by atoms with Gasteiger partial charge in [0.15, 0.2) is 0 Å². The number of piperazine rings is 1. The fourth-order valence-electron chi connectivity index (χ4n) is 6.04. The van der Waals surface area contributed by atoms with Crippen LogP contribution in [-0.4, -0.2) is 82.6 Å². The Morgan fingerprint density at radius 1 is 1.14 bits per heavy atom. The minimum Gasteiger partial charge on any atom is -0.444 e. The summed E-state index contributed by atoms with van der Waals surface area (Å²) in [6.45, 7) is 11.6. The van der Waals surface area contributed by atoms with Crippen molar-refractivity contribution in [3.05, 3.63) is 35.9 Å². The first kappa shape index (κ1) is 24.6. The molecule has 196 valence electrons. The van der Waals surface area contributed by atoms with Gasteiger partial charge in [-0.25, -0.2) is 19.2 Å². The van der Waals surface area contributed by atoms with E-state index in [0.717, 1.165) is 17.2 Å². The molecule has 4 heterocycles. The average Bonchev–Trinajstić information content (AvgIpc) is 3.11. The zero-order valence-electron chi connectivity index (χ0n) is 22.1. The molecule has 1 saturated carbocycles. The quantitative estimate of drug-likeness (QED) is 0.664. The highest BCUT2D eigenvalue weighted by Crippen LogP contribution is 2.56. The van der Waals surface area contributed by atoms with E-state index >= 15 is 0 Å². The number of ether oxygens (including phenoxy) is 1. The number of anilines is 2. The summed E-state index contributed by atoms with van der Waals surface area (Å²) in [7, 11) is 2.01. The number of alkyl halides is 1. The van der Waals surface area contributed by atoms with Crippen LogP contribution in [0.2, 0.25) is 0 Å². The number of carbonyl (C=O) groups is 1. The van der Waals surface area contributed by atoms with E-state index in [2.05, 4.69) is 21.6 Å². The van der Waals surface area contributed by atoms with Gasteiger partial charge in [0.2, 0.25) is 0 Å². The number of nitrogens with two attached hydrogens (primary N) is 1. The Hall–Kier alpha value is -3.04. The second-order valence-electron chi connectivity index (χ2n) is 11.9. The Bertz CT molecular complexity index is 1090. The van der Waals surface area contributed by atoms with Gasteiger partial charge in [0.25, 0.3) is 0 Å². The van der Waals surface area contributed by atoms with Gasteiger partial charge in [-0.05, 0) is 59.6 Å². The van der Waals surface area contributed by atoms with Crippen LogP contribution in [0.1, 0.15) is 53.0 Å². The highest BCUT2D eigenvalue weighted by molar-refractivity contribution is 5.72. The van der Waals surface area contributed by atoms with Crippen LogP contribution in [0.3, 0.4) is 0 Å². The van der Waals surface area contributed by atoms with Crippen LogP contribution < -0.4 is 15.5 Å². The summed E-state index contributed by atoms with van der Waals surface area (Å²) in [5.74, 6) is 1.70. The molecule has 2 fully saturated rings. The first-order valence-corrected chi connectivity index (χ1v) is 12.8. The van der Waals surface area contributed by atoms with E-state index in [0.29, 0.717) is 38.2 Å². The zero-order chi connectivity index (χ0) is 26.0. The molecule has 3 aliphatic heterocycles. The summed E-state index contributed by atoms with van der Waals surface area (Å²) in [5.41, 5.74) is 6.99. The molecule has 9 nitrogen and oxygen atoms in total. The van der Waals surface area contributed by atoms with E-state index in [1.165, 1.54) is 0 Å². The molecule has 10 heteroatoms. The molecule has 0 bridgehead atoms. The lowest BCUT2D eigenvalue weighted by molar-refractivity contribution is 0.0129. The fourth-order valence-corrected chi connectivity index (χ4v) is 6.04. The predicted molar refractivity (Wildman–Crippen MR) is 137 cm³/mol. The summed E-state index contributed by atoms with van der Waals surface area (Å²) < 4.78 is 20.1. The molecule has 1 spiro atoms. The van der Waals surface area contributed by atoms with Crippen molar-refractivity contribution in [2.45, 2.75) is 82.9 Å². The fraction of sp³-hybridized carbons (Fsp3) is 0.654. The summed E-state index contributed by atoms with van der Waals surface area (Å²) in [5, 5.41) is 0. The summed E-state index contributed by atoms with van der Waals surface area (Å²) in [6, 6.07) is -0.0568. The molecular weight excluding hydrogens is 461 g/mol. The minimum absolute atomic E-state index is 0.0101. The van der Waals surface area contributed by atoms with Gasteiger partial charge in [0.05, 0.1) is 0 Å². The zero-order valence-corrected chi connectivity index (χ0v) is 22.1. The number of amides is 1. The Kier molecular flexibility index (Phi) is 5.83. The summed E-state index contributed by atoms with van der Waals surface area (Å²) in [6.07, 6.45) is 7.16. The normalized spacial score (nSPS) is 31.9. The maximum Gasteiger partial charge on any atom is 0.410 e. The van der Waals surface area contributed by atoms with E-state index in [1.54, 1.807) is 11.2 Å². The van der Waals surface area contributed by atoms with Crippen LogP contribution in [0.5, 0.6) is 0 Å². The van der Waals surface area contributed by atoms with Crippen LogP contribution in [0, 0.1) is 0 Å². The SMILES string of the molecule is C[C@@H]1CN(c2ncnc3c2C2(CC(F)C2)CN3C2C=C(N)C=CN2C)[C@@H](C)CN1C(=O)OC(C)(C)C. The number of hydrogen-bond acceptors (Lipinski definition) is 8. The van der Waals surface area contributed by atoms with Crippen molar-refractivity contribution >= 4 is 17.7 Å². The Labute approximate surface area is 212 Å². The van der Waals surface area contributed by atoms with Gasteiger partial charge >= 0.3 is 6.09 Å². The summed E-state index contributed by atoms with van der Waals surface area (Å²) in [4.78, 5) is 30.7. The van der Waals surface area contributed by atoms with E-state index in [9.17, 15) is 9.18 Å². The molecule has 2 N–H and O–H groups in total.